The second kappa shape index (κ2) is 5.10. The highest BCUT2D eigenvalue weighted by molar-refractivity contribution is 5.43. The summed E-state index contributed by atoms with van der Waals surface area (Å²) in [6, 6.07) is 1.87. The third-order valence-corrected chi connectivity index (χ3v) is 3.80. The second-order valence-electron chi connectivity index (χ2n) is 5.50. The van der Waals surface area contributed by atoms with E-state index in [1.165, 1.54) is 0 Å². The van der Waals surface area contributed by atoms with Crippen LogP contribution in [0.4, 0.5) is 11.8 Å². The number of nitrogens with one attached hydrogen (secondary N) is 1. The van der Waals surface area contributed by atoms with Crippen LogP contribution < -0.4 is 11.1 Å². The number of aliphatic hydroxyl groups is 1. The van der Waals surface area contributed by atoms with E-state index >= 15 is 0 Å². The van der Waals surface area contributed by atoms with Crippen LogP contribution in [0.25, 0.3) is 0 Å². The number of nitrogens with zero attached hydrogens (tertiary/aromatic N) is 2. The maximum absolute atomic E-state index is 9.69. The first-order chi connectivity index (χ1) is 8.53. The Balaban J connectivity index is 2.14. The quantitative estimate of drug-likeness (QED) is 0.760. The lowest BCUT2D eigenvalue weighted by Gasteiger charge is -2.39. The predicted octanol–water partition coefficient (Wildman–Crippen LogP) is 1.72. The van der Waals surface area contributed by atoms with Gasteiger partial charge in [-0.05, 0) is 38.5 Å². The Kier molecular flexibility index (Phi) is 3.71. The zero-order valence-corrected chi connectivity index (χ0v) is 11.1. The van der Waals surface area contributed by atoms with Gasteiger partial charge in [-0.25, -0.2) is 4.98 Å². The average Bonchev–Trinajstić information content (AvgIpc) is 2.31. The molecular formula is C13H22N4O. The molecule has 18 heavy (non-hydrogen) atoms. The van der Waals surface area contributed by atoms with E-state index in [0.29, 0.717) is 5.82 Å². The van der Waals surface area contributed by atoms with Gasteiger partial charge < -0.3 is 16.2 Å². The summed E-state index contributed by atoms with van der Waals surface area (Å²) in [5.41, 5.74) is 6.23. The maximum atomic E-state index is 9.69. The summed E-state index contributed by atoms with van der Waals surface area (Å²) in [5, 5.41) is 13.1. The first-order valence-electron chi connectivity index (χ1n) is 6.53. The number of aliphatic hydroxyl groups excluding tert-OH is 1. The van der Waals surface area contributed by atoms with E-state index in [1.54, 1.807) is 0 Å². The van der Waals surface area contributed by atoms with Crippen molar-refractivity contribution in [1.82, 2.24) is 9.97 Å². The standard InChI is InChI=1S/C13H22N4O/c1-9-3-5-13(8-18,6-4-9)17-11-7-10(2)15-12(14)16-11/h7,9,18H,3-6,8H2,1-2H3,(H3,14,15,16,17). The molecule has 0 saturated heterocycles. The van der Waals surface area contributed by atoms with E-state index in [-0.39, 0.29) is 18.1 Å². The first kappa shape index (κ1) is 13.1. The first-order valence-corrected chi connectivity index (χ1v) is 6.53. The number of hydrogen-bond acceptors (Lipinski definition) is 5. The lowest BCUT2D eigenvalue weighted by atomic mass is 9.77. The highest BCUT2D eigenvalue weighted by Crippen LogP contribution is 2.34. The molecule has 1 heterocycles. The van der Waals surface area contributed by atoms with Gasteiger partial charge in [0.2, 0.25) is 5.95 Å². The van der Waals surface area contributed by atoms with Crippen LogP contribution in [-0.4, -0.2) is 27.2 Å². The van der Waals surface area contributed by atoms with Gasteiger partial charge in [-0.3, -0.25) is 0 Å². The molecule has 5 nitrogen and oxygen atoms in total. The molecule has 0 unspecified atom stereocenters. The SMILES string of the molecule is Cc1cc(NC2(CO)CCC(C)CC2)nc(N)n1. The molecule has 1 aromatic rings. The van der Waals surface area contributed by atoms with Gasteiger partial charge in [0.15, 0.2) is 0 Å². The lowest BCUT2D eigenvalue weighted by molar-refractivity contribution is 0.155. The van der Waals surface area contributed by atoms with Crippen molar-refractivity contribution in [3.05, 3.63) is 11.8 Å². The minimum Gasteiger partial charge on any atom is -0.394 e. The predicted molar refractivity (Wildman–Crippen MR) is 72.3 cm³/mol. The molecule has 2 rings (SSSR count). The molecule has 0 aliphatic heterocycles. The van der Waals surface area contributed by atoms with Gasteiger partial charge in [-0.15, -0.1) is 0 Å². The van der Waals surface area contributed by atoms with Crippen molar-refractivity contribution in [2.75, 3.05) is 17.7 Å². The molecule has 0 atom stereocenters. The maximum Gasteiger partial charge on any atom is 0.222 e. The average molecular weight is 250 g/mol. The molecular weight excluding hydrogens is 228 g/mol. The topological polar surface area (TPSA) is 84.1 Å². The molecule has 4 N–H and O–H groups in total. The summed E-state index contributed by atoms with van der Waals surface area (Å²) in [4.78, 5) is 8.24. The Hall–Kier alpha value is -1.36. The largest absolute Gasteiger partial charge is 0.394 e. The second-order valence-corrected chi connectivity index (χ2v) is 5.50. The number of nitrogens with two attached hydrogens (primary N) is 1. The van der Waals surface area contributed by atoms with Crippen molar-refractivity contribution >= 4 is 11.8 Å². The molecule has 0 spiro atoms. The van der Waals surface area contributed by atoms with Gasteiger partial charge >= 0.3 is 0 Å². The molecule has 5 heteroatoms. The fourth-order valence-corrected chi connectivity index (χ4v) is 2.56. The van der Waals surface area contributed by atoms with E-state index in [0.717, 1.165) is 37.3 Å². The van der Waals surface area contributed by atoms with E-state index in [1.807, 2.05) is 13.0 Å². The van der Waals surface area contributed by atoms with E-state index in [2.05, 4.69) is 22.2 Å². The third-order valence-electron chi connectivity index (χ3n) is 3.80. The third kappa shape index (κ3) is 2.90. The van der Waals surface area contributed by atoms with Gasteiger partial charge in [-0.2, -0.15) is 4.98 Å². The Bertz CT molecular complexity index is 393. The molecule has 1 aromatic heterocycles. The Morgan fingerprint density at radius 3 is 2.67 bits per heavy atom. The van der Waals surface area contributed by atoms with Crippen LogP contribution in [-0.2, 0) is 0 Å². The number of anilines is 2. The summed E-state index contributed by atoms with van der Waals surface area (Å²) in [6.07, 6.45) is 4.20. The van der Waals surface area contributed by atoms with Crippen LogP contribution in [0.15, 0.2) is 6.07 Å². The molecule has 1 aliphatic carbocycles. The fourth-order valence-electron chi connectivity index (χ4n) is 2.56. The summed E-state index contributed by atoms with van der Waals surface area (Å²) in [5.74, 6) is 1.72. The smallest absolute Gasteiger partial charge is 0.222 e. The Morgan fingerprint density at radius 1 is 1.44 bits per heavy atom. The van der Waals surface area contributed by atoms with E-state index < -0.39 is 0 Å². The zero-order chi connectivity index (χ0) is 13.2. The molecule has 0 bridgehead atoms. The number of rotatable bonds is 3. The molecule has 100 valence electrons. The number of aromatic nitrogens is 2. The Morgan fingerprint density at radius 2 is 2.11 bits per heavy atom. The molecule has 0 radical (unpaired) electrons. The normalized spacial score (nSPS) is 28.1. The summed E-state index contributed by atoms with van der Waals surface area (Å²) >= 11 is 0. The van der Waals surface area contributed by atoms with E-state index in [9.17, 15) is 5.11 Å². The molecule has 0 amide bonds. The van der Waals surface area contributed by atoms with Crippen molar-refractivity contribution in [1.29, 1.82) is 0 Å². The summed E-state index contributed by atoms with van der Waals surface area (Å²) in [6.45, 7) is 4.27. The summed E-state index contributed by atoms with van der Waals surface area (Å²) in [7, 11) is 0. The van der Waals surface area contributed by atoms with Crippen molar-refractivity contribution in [2.24, 2.45) is 5.92 Å². The van der Waals surface area contributed by atoms with Crippen molar-refractivity contribution in [3.8, 4) is 0 Å². The molecule has 0 aromatic carbocycles. The van der Waals surface area contributed by atoms with Gasteiger partial charge in [0.05, 0.1) is 12.1 Å². The van der Waals surface area contributed by atoms with Crippen LogP contribution in [0.5, 0.6) is 0 Å². The number of hydrogen-bond donors (Lipinski definition) is 3. The monoisotopic (exact) mass is 250 g/mol. The Labute approximate surface area is 108 Å². The highest BCUT2D eigenvalue weighted by Gasteiger charge is 2.33. The van der Waals surface area contributed by atoms with Crippen LogP contribution in [0.3, 0.4) is 0 Å². The van der Waals surface area contributed by atoms with Crippen LogP contribution in [0.1, 0.15) is 38.3 Å². The molecule has 1 fully saturated rings. The molecule has 1 saturated carbocycles. The van der Waals surface area contributed by atoms with Gasteiger partial charge in [-0.1, -0.05) is 6.92 Å². The van der Waals surface area contributed by atoms with Crippen molar-refractivity contribution in [2.45, 2.75) is 45.1 Å². The highest BCUT2D eigenvalue weighted by atomic mass is 16.3. The number of aryl methyl sites for hydroxylation is 1. The number of nitrogen functional groups attached to an aromatic ring is 1. The zero-order valence-electron chi connectivity index (χ0n) is 11.1. The minimum atomic E-state index is -0.250. The summed E-state index contributed by atoms with van der Waals surface area (Å²) < 4.78 is 0. The van der Waals surface area contributed by atoms with Crippen LogP contribution >= 0.6 is 0 Å². The van der Waals surface area contributed by atoms with E-state index in [4.69, 9.17) is 5.73 Å². The van der Waals surface area contributed by atoms with Crippen LogP contribution in [0.2, 0.25) is 0 Å². The fraction of sp³-hybridized carbons (Fsp3) is 0.692. The molecule has 1 aliphatic rings. The van der Waals surface area contributed by atoms with Crippen molar-refractivity contribution in [3.63, 3.8) is 0 Å². The lowest BCUT2D eigenvalue weighted by Crippen LogP contribution is -2.45. The van der Waals surface area contributed by atoms with Gasteiger partial charge in [0.1, 0.15) is 5.82 Å². The van der Waals surface area contributed by atoms with Crippen molar-refractivity contribution < 1.29 is 5.11 Å². The van der Waals surface area contributed by atoms with Gasteiger partial charge in [0.25, 0.3) is 0 Å². The van der Waals surface area contributed by atoms with Crippen LogP contribution in [0, 0.1) is 12.8 Å². The minimum absolute atomic E-state index is 0.128. The van der Waals surface area contributed by atoms with Gasteiger partial charge in [0, 0.05) is 11.8 Å².